The van der Waals surface area contributed by atoms with Crippen molar-refractivity contribution in [3.8, 4) is 0 Å². The Labute approximate surface area is 86.8 Å². The van der Waals surface area contributed by atoms with Crippen LogP contribution in [0.15, 0.2) is 11.6 Å². The van der Waals surface area contributed by atoms with Crippen LogP contribution in [0.1, 0.15) is 38.5 Å². The van der Waals surface area contributed by atoms with Gasteiger partial charge in [-0.25, -0.2) is 0 Å². The molecule has 0 amide bonds. The summed E-state index contributed by atoms with van der Waals surface area (Å²) in [5.74, 6) is 3.77. The van der Waals surface area contributed by atoms with E-state index < -0.39 is 0 Å². The Morgan fingerprint density at radius 1 is 1.36 bits per heavy atom. The van der Waals surface area contributed by atoms with Crippen LogP contribution in [0.2, 0.25) is 0 Å². The molecule has 0 bridgehead atoms. The molecule has 0 aromatic rings. The summed E-state index contributed by atoms with van der Waals surface area (Å²) in [5.41, 5.74) is 7.52. The third kappa shape index (κ3) is 1.33. The lowest BCUT2D eigenvalue weighted by atomic mass is 9.66. The van der Waals surface area contributed by atoms with Gasteiger partial charge in [0, 0.05) is 0 Å². The summed E-state index contributed by atoms with van der Waals surface area (Å²) in [6, 6.07) is 0. The van der Waals surface area contributed by atoms with Crippen molar-refractivity contribution < 1.29 is 0 Å². The molecule has 0 spiro atoms. The molecule has 14 heavy (non-hydrogen) atoms. The lowest BCUT2D eigenvalue weighted by Gasteiger charge is -2.39. The molecule has 1 unspecified atom stereocenters. The zero-order valence-corrected chi connectivity index (χ0v) is 8.91. The van der Waals surface area contributed by atoms with Crippen molar-refractivity contribution in [2.45, 2.75) is 38.5 Å². The van der Waals surface area contributed by atoms with Gasteiger partial charge in [0.1, 0.15) is 0 Å². The monoisotopic (exact) mass is 191 g/mol. The summed E-state index contributed by atoms with van der Waals surface area (Å²) >= 11 is 0. The number of hydrogen-bond acceptors (Lipinski definition) is 1. The number of nitrogens with two attached hydrogens (primary N) is 1. The van der Waals surface area contributed by atoms with E-state index in [1.54, 1.807) is 5.57 Å². The van der Waals surface area contributed by atoms with Crippen LogP contribution in [0.25, 0.3) is 0 Å². The molecule has 0 aromatic carbocycles. The molecule has 3 aliphatic carbocycles. The van der Waals surface area contributed by atoms with Crippen molar-refractivity contribution in [3.63, 3.8) is 0 Å². The molecule has 1 nitrogen and oxygen atoms in total. The van der Waals surface area contributed by atoms with Gasteiger partial charge in [-0.1, -0.05) is 30.9 Å². The molecule has 0 aromatic heterocycles. The molecule has 0 heterocycles. The van der Waals surface area contributed by atoms with Gasteiger partial charge >= 0.3 is 0 Å². The number of allylic oxidation sites excluding steroid dienone is 2. The highest BCUT2D eigenvalue weighted by Gasteiger charge is 2.42. The van der Waals surface area contributed by atoms with Crippen molar-refractivity contribution in [1.29, 1.82) is 0 Å². The first-order valence-corrected chi connectivity index (χ1v) is 6.26. The van der Waals surface area contributed by atoms with E-state index in [1.807, 2.05) is 0 Å². The fraction of sp³-hybridized carbons (Fsp3) is 0.846. The fourth-order valence-corrected chi connectivity index (χ4v) is 3.53. The summed E-state index contributed by atoms with van der Waals surface area (Å²) in [6.07, 6.45) is 11.3. The first kappa shape index (κ1) is 8.96. The van der Waals surface area contributed by atoms with E-state index in [-0.39, 0.29) is 0 Å². The lowest BCUT2D eigenvalue weighted by Crippen LogP contribution is -2.37. The molecule has 2 saturated carbocycles. The van der Waals surface area contributed by atoms with Crippen LogP contribution in [0, 0.1) is 23.7 Å². The van der Waals surface area contributed by atoms with E-state index in [4.69, 9.17) is 5.73 Å². The average molecular weight is 191 g/mol. The highest BCUT2D eigenvalue weighted by Crippen LogP contribution is 2.51. The molecule has 2 N–H and O–H groups in total. The highest BCUT2D eigenvalue weighted by atomic mass is 14.6. The van der Waals surface area contributed by atoms with Crippen LogP contribution in [0.3, 0.4) is 0 Å². The van der Waals surface area contributed by atoms with Gasteiger partial charge in [0.2, 0.25) is 0 Å². The summed E-state index contributed by atoms with van der Waals surface area (Å²) in [5, 5.41) is 0. The van der Waals surface area contributed by atoms with Gasteiger partial charge in [-0.15, -0.1) is 0 Å². The maximum absolute atomic E-state index is 5.74. The average Bonchev–Trinajstić information content (AvgIpc) is 2.39. The number of fused-ring (bicyclic) bond motifs is 1. The lowest BCUT2D eigenvalue weighted by molar-refractivity contribution is 0.136. The minimum Gasteiger partial charge on any atom is -0.330 e. The highest BCUT2D eigenvalue weighted by molar-refractivity contribution is 5.20. The number of hydrogen-bond donors (Lipinski definition) is 1. The quantitative estimate of drug-likeness (QED) is 0.682. The van der Waals surface area contributed by atoms with Crippen molar-refractivity contribution in [3.05, 3.63) is 11.6 Å². The van der Waals surface area contributed by atoms with E-state index in [9.17, 15) is 0 Å². The zero-order valence-electron chi connectivity index (χ0n) is 8.91. The Hall–Kier alpha value is -0.300. The van der Waals surface area contributed by atoms with Gasteiger partial charge in [0.15, 0.2) is 0 Å². The normalized spacial score (nSPS) is 41.2. The molecule has 0 radical (unpaired) electrons. The molecule has 2 fully saturated rings. The van der Waals surface area contributed by atoms with Gasteiger partial charge in [0.25, 0.3) is 0 Å². The van der Waals surface area contributed by atoms with Crippen LogP contribution < -0.4 is 5.73 Å². The second-order valence-corrected chi connectivity index (χ2v) is 5.60. The fourth-order valence-electron chi connectivity index (χ4n) is 3.53. The van der Waals surface area contributed by atoms with Crippen molar-refractivity contribution in [2.75, 3.05) is 6.54 Å². The first-order chi connectivity index (χ1) is 6.86. The maximum Gasteiger partial charge on any atom is -0.00430 e. The standard InChI is InChI=1S/C13H21N/c14-8-12-7-11-5-10(6-13(11)12)4-9-2-1-3-9/h6,9,11-13H,1-5,7-8,14H2/t11?,12-,13+/m1/s1. The van der Waals surface area contributed by atoms with Crippen molar-refractivity contribution in [2.24, 2.45) is 29.4 Å². The van der Waals surface area contributed by atoms with Crippen LogP contribution in [-0.4, -0.2) is 6.54 Å². The van der Waals surface area contributed by atoms with Gasteiger partial charge in [-0.3, -0.25) is 0 Å². The second-order valence-electron chi connectivity index (χ2n) is 5.60. The summed E-state index contributed by atoms with van der Waals surface area (Å²) in [7, 11) is 0. The van der Waals surface area contributed by atoms with E-state index >= 15 is 0 Å². The van der Waals surface area contributed by atoms with E-state index in [2.05, 4.69) is 6.08 Å². The molecule has 0 saturated heterocycles. The molecule has 3 atom stereocenters. The molecular formula is C13H21N. The van der Waals surface area contributed by atoms with Gasteiger partial charge < -0.3 is 5.73 Å². The largest absolute Gasteiger partial charge is 0.330 e. The van der Waals surface area contributed by atoms with Crippen LogP contribution in [-0.2, 0) is 0 Å². The van der Waals surface area contributed by atoms with Crippen LogP contribution >= 0.6 is 0 Å². The molecule has 3 rings (SSSR count). The Kier molecular flexibility index (Phi) is 2.16. The first-order valence-electron chi connectivity index (χ1n) is 6.26. The Morgan fingerprint density at radius 3 is 2.86 bits per heavy atom. The molecular weight excluding hydrogens is 170 g/mol. The third-order valence-corrected chi connectivity index (χ3v) is 4.73. The zero-order chi connectivity index (χ0) is 9.54. The predicted octanol–water partition coefficient (Wildman–Crippen LogP) is 2.72. The smallest absolute Gasteiger partial charge is 0.00430 e. The second kappa shape index (κ2) is 3.37. The van der Waals surface area contributed by atoms with Gasteiger partial charge in [-0.05, 0) is 49.5 Å². The van der Waals surface area contributed by atoms with Crippen LogP contribution in [0.5, 0.6) is 0 Å². The maximum atomic E-state index is 5.74. The van der Waals surface area contributed by atoms with E-state index in [1.165, 1.54) is 38.5 Å². The summed E-state index contributed by atoms with van der Waals surface area (Å²) in [4.78, 5) is 0. The Morgan fingerprint density at radius 2 is 2.21 bits per heavy atom. The van der Waals surface area contributed by atoms with Crippen molar-refractivity contribution >= 4 is 0 Å². The number of rotatable bonds is 3. The van der Waals surface area contributed by atoms with Gasteiger partial charge in [0.05, 0.1) is 0 Å². The Bertz CT molecular complexity index is 252. The Balaban J connectivity index is 1.57. The topological polar surface area (TPSA) is 26.0 Å². The minimum atomic E-state index is 0.832. The summed E-state index contributed by atoms with van der Waals surface area (Å²) < 4.78 is 0. The van der Waals surface area contributed by atoms with Crippen LogP contribution in [0.4, 0.5) is 0 Å². The minimum absolute atomic E-state index is 0.832. The summed E-state index contributed by atoms with van der Waals surface area (Å²) in [6.45, 7) is 0.911. The molecule has 1 heteroatoms. The predicted molar refractivity (Wildman–Crippen MR) is 58.8 cm³/mol. The molecule has 3 aliphatic rings. The van der Waals surface area contributed by atoms with E-state index in [0.29, 0.717) is 0 Å². The SMILES string of the molecule is NC[C@H]1CC2CC(CC3CCC3)=C[C@@H]21. The van der Waals surface area contributed by atoms with E-state index in [0.717, 1.165) is 30.2 Å². The molecule has 0 aliphatic heterocycles. The molecule has 78 valence electrons. The van der Waals surface area contributed by atoms with Crippen molar-refractivity contribution in [1.82, 2.24) is 0 Å². The van der Waals surface area contributed by atoms with Gasteiger partial charge in [-0.2, -0.15) is 0 Å². The third-order valence-electron chi connectivity index (χ3n) is 4.73.